The second-order valence-electron chi connectivity index (χ2n) is 13.0. The molecule has 0 aliphatic heterocycles. The summed E-state index contributed by atoms with van der Waals surface area (Å²) in [6.45, 7) is 8.84. The van der Waals surface area contributed by atoms with Crippen LogP contribution in [0.15, 0.2) is 133 Å². The summed E-state index contributed by atoms with van der Waals surface area (Å²) in [5.41, 5.74) is 11.5. The average Bonchev–Trinajstić information content (AvgIpc) is 3.10. The van der Waals surface area contributed by atoms with Crippen molar-refractivity contribution in [2.75, 3.05) is 0 Å². The minimum atomic E-state index is 0.285. The molecule has 0 unspecified atom stereocenters. The van der Waals surface area contributed by atoms with Crippen LogP contribution in [0.4, 0.5) is 0 Å². The normalized spacial score (nSPS) is 11.9. The number of rotatable bonds is 5. The van der Waals surface area contributed by atoms with Crippen molar-refractivity contribution in [1.29, 1.82) is 0 Å². The second kappa shape index (κ2) is 11.2. The van der Waals surface area contributed by atoms with Crippen LogP contribution in [0.3, 0.4) is 0 Å². The van der Waals surface area contributed by atoms with E-state index in [0.29, 0.717) is 5.92 Å². The van der Waals surface area contributed by atoms with Crippen LogP contribution in [-0.2, 0) is 0 Å². The molecule has 0 saturated heterocycles. The lowest BCUT2D eigenvalue weighted by Crippen LogP contribution is -1.99. The smallest absolute Gasteiger partial charge is 0.0974 e. The third kappa shape index (κ3) is 4.64. The Labute approximate surface area is 270 Å². The molecule has 0 aliphatic carbocycles. The number of fused-ring (bicyclic) bond motifs is 5. The molecule has 2 heteroatoms. The van der Waals surface area contributed by atoms with Crippen LogP contribution in [0.2, 0.25) is 0 Å². The van der Waals surface area contributed by atoms with Crippen LogP contribution < -0.4 is 0 Å². The van der Waals surface area contributed by atoms with Crippen LogP contribution in [-0.4, -0.2) is 9.97 Å². The van der Waals surface area contributed by atoms with Crippen molar-refractivity contribution in [3.63, 3.8) is 0 Å². The summed E-state index contributed by atoms with van der Waals surface area (Å²) in [6, 6.07) is 48.6. The fourth-order valence-corrected chi connectivity index (χ4v) is 6.96. The molecule has 0 spiro atoms. The van der Waals surface area contributed by atoms with Crippen molar-refractivity contribution in [3.05, 3.63) is 145 Å². The summed E-state index contributed by atoms with van der Waals surface area (Å²) < 4.78 is 0. The van der Waals surface area contributed by atoms with Crippen LogP contribution >= 0.6 is 0 Å². The standard InChI is InChI=1S/C44H36N2/c1-27(2)39-24-22-30-21-23-37-38(26-40(28(3)4)46-44(37)43(30)45-39)31-15-12-16-32(25-31)42-35-19-10-8-17-33(35)41(29-13-6-5-7-14-29)34-18-9-11-20-36(34)42/h5-28H,1-4H3. The number of nitrogens with zero attached hydrogens (tertiary/aromatic N) is 2. The van der Waals surface area contributed by atoms with Gasteiger partial charge in [0.25, 0.3) is 0 Å². The van der Waals surface area contributed by atoms with E-state index in [2.05, 4.69) is 161 Å². The highest BCUT2D eigenvalue weighted by Crippen LogP contribution is 2.44. The van der Waals surface area contributed by atoms with Gasteiger partial charge >= 0.3 is 0 Å². The Bertz CT molecular complexity index is 2360. The van der Waals surface area contributed by atoms with Gasteiger partial charge in [0.05, 0.1) is 11.0 Å². The summed E-state index contributed by atoms with van der Waals surface area (Å²) in [7, 11) is 0. The molecule has 2 nitrogen and oxygen atoms in total. The lowest BCUT2D eigenvalue weighted by molar-refractivity contribution is 0.826. The first-order chi connectivity index (χ1) is 22.5. The molecular formula is C44H36N2. The van der Waals surface area contributed by atoms with Gasteiger partial charge in [0.2, 0.25) is 0 Å². The predicted molar refractivity (Wildman–Crippen MR) is 197 cm³/mol. The molecule has 0 atom stereocenters. The average molecular weight is 593 g/mol. The molecular weight excluding hydrogens is 556 g/mol. The van der Waals surface area contributed by atoms with Gasteiger partial charge in [-0.15, -0.1) is 0 Å². The quantitative estimate of drug-likeness (QED) is 0.147. The van der Waals surface area contributed by atoms with Crippen molar-refractivity contribution >= 4 is 43.4 Å². The third-order valence-corrected chi connectivity index (χ3v) is 9.32. The topological polar surface area (TPSA) is 25.8 Å². The molecule has 2 heterocycles. The van der Waals surface area contributed by atoms with Crippen molar-refractivity contribution in [1.82, 2.24) is 9.97 Å². The summed E-state index contributed by atoms with van der Waals surface area (Å²) in [5, 5.41) is 7.32. The fraction of sp³-hybridized carbons (Fsp3) is 0.136. The first-order valence-electron chi connectivity index (χ1n) is 16.3. The highest BCUT2D eigenvalue weighted by Gasteiger charge is 2.18. The first-order valence-corrected chi connectivity index (χ1v) is 16.3. The van der Waals surface area contributed by atoms with Crippen LogP contribution in [0.5, 0.6) is 0 Å². The molecule has 8 rings (SSSR count). The van der Waals surface area contributed by atoms with E-state index >= 15 is 0 Å². The maximum absolute atomic E-state index is 5.23. The molecule has 0 amide bonds. The van der Waals surface area contributed by atoms with E-state index in [9.17, 15) is 0 Å². The van der Waals surface area contributed by atoms with E-state index in [1.165, 1.54) is 54.9 Å². The fourth-order valence-electron chi connectivity index (χ4n) is 6.96. The summed E-state index contributed by atoms with van der Waals surface area (Å²) in [5.74, 6) is 0.635. The lowest BCUT2D eigenvalue weighted by Gasteiger charge is -2.19. The SMILES string of the molecule is CC(C)c1ccc2ccc3c(-c4cccc(-c5c6ccccc6c(-c6ccccc6)c6ccccc56)c4)cc(C(C)C)nc3c2n1. The molecule has 2 aromatic heterocycles. The molecule has 0 aliphatic rings. The zero-order valence-corrected chi connectivity index (χ0v) is 26.8. The maximum Gasteiger partial charge on any atom is 0.0974 e. The number of pyridine rings is 2. The Morgan fingerprint density at radius 1 is 0.391 bits per heavy atom. The van der Waals surface area contributed by atoms with Gasteiger partial charge in [-0.05, 0) is 85.0 Å². The van der Waals surface area contributed by atoms with E-state index in [1.54, 1.807) is 0 Å². The number of aromatic nitrogens is 2. The van der Waals surface area contributed by atoms with Gasteiger partial charge in [-0.3, -0.25) is 9.97 Å². The lowest BCUT2D eigenvalue weighted by atomic mass is 9.85. The van der Waals surface area contributed by atoms with Gasteiger partial charge < -0.3 is 0 Å². The molecule has 0 fully saturated rings. The second-order valence-corrected chi connectivity index (χ2v) is 13.0. The molecule has 0 radical (unpaired) electrons. The minimum absolute atomic E-state index is 0.285. The largest absolute Gasteiger partial charge is 0.250 e. The Kier molecular flexibility index (Phi) is 6.87. The van der Waals surface area contributed by atoms with E-state index in [4.69, 9.17) is 9.97 Å². The van der Waals surface area contributed by atoms with Gasteiger partial charge in [0, 0.05) is 22.2 Å². The zero-order chi connectivity index (χ0) is 31.4. The third-order valence-electron chi connectivity index (χ3n) is 9.32. The van der Waals surface area contributed by atoms with Gasteiger partial charge in [-0.1, -0.05) is 143 Å². The van der Waals surface area contributed by atoms with Crippen molar-refractivity contribution in [3.8, 4) is 33.4 Å². The Balaban J connectivity index is 1.41. The zero-order valence-electron chi connectivity index (χ0n) is 26.8. The van der Waals surface area contributed by atoms with Crippen molar-refractivity contribution in [2.24, 2.45) is 0 Å². The number of hydrogen-bond donors (Lipinski definition) is 0. The van der Waals surface area contributed by atoms with Gasteiger partial charge in [-0.2, -0.15) is 0 Å². The van der Waals surface area contributed by atoms with Gasteiger partial charge in [0.1, 0.15) is 0 Å². The number of benzene rings is 6. The van der Waals surface area contributed by atoms with Crippen molar-refractivity contribution < 1.29 is 0 Å². The van der Waals surface area contributed by atoms with E-state index in [1.807, 2.05) is 0 Å². The molecule has 8 aromatic rings. The van der Waals surface area contributed by atoms with Crippen LogP contribution in [0.25, 0.3) is 76.7 Å². The van der Waals surface area contributed by atoms with Gasteiger partial charge in [-0.25, -0.2) is 0 Å². The monoisotopic (exact) mass is 592 g/mol. The Hall–Kier alpha value is -5.34. The highest BCUT2D eigenvalue weighted by molar-refractivity contribution is 6.21. The summed E-state index contributed by atoms with van der Waals surface area (Å²) in [4.78, 5) is 10.4. The van der Waals surface area contributed by atoms with Crippen LogP contribution in [0, 0.1) is 0 Å². The molecule has 46 heavy (non-hydrogen) atoms. The summed E-state index contributed by atoms with van der Waals surface area (Å²) in [6.07, 6.45) is 0. The highest BCUT2D eigenvalue weighted by atomic mass is 14.8. The molecule has 0 N–H and O–H groups in total. The maximum atomic E-state index is 5.23. The Morgan fingerprint density at radius 2 is 0.913 bits per heavy atom. The van der Waals surface area contributed by atoms with E-state index in [0.717, 1.165) is 33.2 Å². The van der Waals surface area contributed by atoms with Crippen molar-refractivity contribution in [2.45, 2.75) is 39.5 Å². The van der Waals surface area contributed by atoms with E-state index < -0.39 is 0 Å². The molecule has 0 bridgehead atoms. The number of hydrogen-bond acceptors (Lipinski definition) is 2. The first kappa shape index (κ1) is 28.2. The Morgan fingerprint density at radius 3 is 1.54 bits per heavy atom. The predicted octanol–water partition coefficient (Wildman–Crippen LogP) is 12.3. The molecule has 0 saturated carbocycles. The van der Waals surface area contributed by atoms with E-state index in [-0.39, 0.29) is 5.92 Å². The van der Waals surface area contributed by atoms with Crippen LogP contribution in [0.1, 0.15) is 50.9 Å². The minimum Gasteiger partial charge on any atom is -0.250 e. The van der Waals surface area contributed by atoms with Gasteiger partial charge in [0.15, 0.2) is 0 Å². The summed E-state index contributed by atoms with van der Waals surface area (Å²) >= 11 is 0. The molecule has 6 aromatic carbocycles. The molecule has 222 valence electrons.